The molecule has 0 aliphatic rings. The van der Waals surface area contributed by atoms with Crippen molar-refractivity contribution in [1.82, 2.24) is 0 Å². The number of furan rings is 1. The van der Waals surface area contributed by atoms with E-state index in [1.165, 1.54) is 0 Å². The maximum Gasteiger partial charge on any atom is 0.449 e. The van der Waals surface area contributed by atoms with E-state index in [0.29, 0.717) is 6.07 Å². The molecule has 0 amide bonds. The molecule has 0 saturated carbocycles. The van der Waals surface area contributed by atoms with Crippen LogP contribution in [0.15, 0.2) is 16.5 Å². The summed E-state index contributed by atoms with van der Waals surface area (Å²) >= 11 is 0. The van der Waals surface area contributed by atoms with Crippen LogP contribution in [-0.2, 0) is 11.0 Å². The summed E-state index contributed by atoms with van der Waals surface area (Å²) in [5.41, 5.74) is 0. The average Bonchev–Trinajstić information content (AvgIpc) is 2.47. The Balaban J connectivity index is 2.64. The fourth-order valence-electron chi connectivity index (χ4n) is 0.683. The van der Waals surface area contributed by atoms with Crippen molar-refractivity contribution in [2.45, 2.75) is 6.18 Å². The summed E-state index contributed by atoms with van der Waals surface area (Å²) in [5, 5.41) is 8.15. The summed E-state index contributed by atoms with van der Waals surface area (Å²) < 4.78 is 44.4. The van der Waals surface area contributed by atoms with Crippen LogP contribution in [0.5, 0.6) is 5.95 Å². The van der Waals surface area contributed by atoms with Crippen molar-refractivity contribution >= 4 is 5.97 Å². The first kappa shape index (κ1) is 10.4. The van der Waals surface area contributed by atoms with E-state index in [1.54, 1.807) is 0 Å². The van der Waals surface area contributed by atoms with Crippen LogP contribution in [0.25, 0.3) is 0 Å². The molecule has 14 heavy (non-hydrogen) atoms. The average molecular weight is 210 g/mol. The number of halogens is 3. The van der Waals surface area contributed by atoms with Crippen molar-refractivity contribution in [3.05, 3.63) is 17.9 Å². The van der Waals surface area contributed by atoms with Crippen LogP contribution in [0.2, 0.25) is 0 Å². The van der Waals surface area contributed by atoms with Crippen LogP contribution < -0.4 is 4.74 Å². The normalized spacial score (nSPS) is 11.4. The van der Waals surface area contributed by atoms with E-state index < -0.39 is 30.5 Å². The zero-order chi connectivity index (χ0) is 10.8. The Kier molecular flexibility index (Phi) is 2.68. The molecule has 0 fully saturated rings. The monoisotopic (exact) mass is 210 g/mol. The van der Waals surface area contributed by atoms with Crippen molar-refractivity contribution in [3.8, 4) is 5.95 Å². The molecule has 0 aliphatic heterocycles. The predicted molar refractivity (Wildman–Crippen MR) is 36.8 cm³/mol. The summed E-state index contributed by atoms with van der Waals surface area (Å²) in [6.07, 6.45) is -4.59. The molecule has 0 aromatic carbocycles. The minimum absolute atomic E-state index is 0.472. The van der Waals surface area contributed by atoms with Crippen LogP contribution in [0.1, 0.15) is 5.76 Å². The molecular formula is C7H5F3O4. The Morgan fingerprint density at radius 3 is 2.57 bits per heavy atom. The molecule has 0 saturated heterocycles. The summed E-state index contributed by atoms with van der Waals surface area (Å²) in [7, 11) is 0. The molecule has 1 rings (SSSR count). The molecule has 1 N–H and O–H groups in total. The molecule has 0 radical (unpaired) electrons. The quantitative estimate of drug-likeness (QED) is 0.825. The van der Waals surface area contributed by atoms with E-state index in [0.717, 1.165) is 6.07 Å². The van der Waals surface area contributed by atoms with E-state index in [1.807, 2.05) is 0 Å². The summed E-state index contributed by atoms with van der Waals surface area (Å²) in [5.74, 6) is -2.99. The van der Waals surface area contributed by atoms with Crippen LogP contribution in [0.4, 0.5) is 13.2 Å². The van der Waals surface area contributed by atoms with E-state index in [4.69, 9.17) is 5.11 Å². The van der Waals surface area contributed by atoms with Crippen molar-refractivity contribution < 1.29 is 32.2 Å². The van der Waals surface area contributed by atoms with Crippen molar-refractivity contribution in [1.29, 1.82) is 0 Å². The smallest absolute Gasteiger partial charge is 0.449 e. The molecule has 4 nitrogen and oxygen atoms in total. The lowest BCUT2D eigenvalue weighted by atomic mass is 10.4. The molecule has 1 aromatic rings. The maximum absolute atomic E-state index is 11.9. The third-order valence-corrected chi connectivity index (χ3v) is 1.20. The molecular weight excluding hydrogens is 205 g/mol. The first-order valence-electron chi connectivity index (χ1n) is 3.41. The van der Waals surface area contributed by atoms with Crippen LogP contribution >= 0.6 is 0 Å². The number of carboxylic acid groups (broad SMARTS) is 1. The SMILES string of the molecule is O=C(O)COc1ccc(C(F)(F)F)o1. The largest absolute Gasteiger partial charge is 0.479 e. The van der Waals surface area contributed by atoms with Gasteiger partial charge in [0.05, 0.1) is 0 Å². The Labute approximate surface area is 75.9 Å². The highest BCUT2D eigenvalue weighted by Gasteiger charge is 2.35. The van der Waals surface area contributed by atoms with Gasteiger partial charge in [-0.25, -0.2) is 4.79 Å². The number of aliphatic carboxylic acids is 1. The molecule has 0 spiro atoms. The van der Waals surface area contributed by atoms with Gasteiger partial charge in [-0.05, 0) is 6.07 Å². The van der Waals surface area contributed by atoms with Gasteiger partial charge >= 0.3 is 12.1 Å². The zero-order valence-electron chi connectivity index (χ0n) is 6.67. The van der Waals surface area contributed by atoms with Crippen LogP contribution in [0, 0.1) is 0 Å². The van der Waals surface area contributed by atoms with Gasteiger partial charge in [0.25, 0.3) is 5.95 Å². The lowest BCUT2D eigenvalue weighted by molar-refractivity contribution is -0.154. The fourth-order valence-corrected chi connectivity index (χ4v) is 0.683. The van der Waals surface area contributed by atoms with Gasteiger partial charge in [0.15, 0.2) is 6.61 Å². The fraction of sp³-hybridized carbons (Fsp3) is 0.286. The molecule has 0 unspecified atom stereocenters. The standard InChI is InChI=1S/C7H5F3O4/c8-7(9,10)4-1-2-6(14-4)13-3-5(11)12/h1-2H,3H2,(H,11,12). The number of rotatable bonds is 3. The van der Waals surface area contributed by atoms with Crippen LogP contribution in [-0.4, -0.2) is 17.7 Å². The second-order valence-electron chi connectivity index (χ2n) is 2.30. The van der Waals surface area contributed by atoms with Gasteiger partial charge in [-0.3, -0.25) is 0 Å². The highest BCUT2D eigenvalue weighted by Crippen LogP contribution is 2.32. The molecule has 1 aromatic heterocycles. The third kappa shape index (κ3) is 2.68. The van der Waals surface area contributed by atoms with Gasteiger partial charge in [-0.1, -0.05) is 0 Å². The van der Waals surface area contributed by atoms with Gasteiger partial charge in [-0.2, -0.15) is 13.2 Å². The summed E-state index contributed by atoms with van der Waals surface area (Å²) in [4.78, 5) is 9.99. The molecule has 7 heteroatoms. The third-order valence-electron chi connectivity index (χ3n) is 1.20. The first-order valence-corrected chi connectivity index (χ1v) is 3.41. The minimum atomic E-state index is -4.59. The number of carboxylic acids is 1. The molecule has 0 atom stereocenters. The maximum atomic E-state index is 11.9. The van der Waals surface area contributed by atoms with Gasteiger partial charge in [0.2, 0.25) is 5.76 Å². The number of hydrogen-bond donors (Lipinski definition) is 1. The first-order chi connectivity index (χ1) is 6.39. The van der Waals surface area contributed by atoms with E-state index >= 15 is 0 Å². The topological polar surface area (TPSA) is 59.7 Å². The molecule has 78 valence electrons. The second-order valence-corrected chi connectivity index (χ2v) is 2.30. The van der Waals surface area contributed by atoms with Gasteiger partial charge in [0.1, 0.15) is 0 Å². The van der Waals surface area contributed by atoms with Crippen LogP contribution in [0.3, 0.4) is 0 Å². The number of hydrogen-bond acceptors (Lipinski definition) is 3. The van der Waals surface area contributed by atoms with E-state index in [9.17, 15) is 18.0 Å². The summed E-state index contributed by atoms with van der Waals surface area (Å²) in [6, 6.07) is 1.57. The Morgan fingerprint density at radius 2 is 2.14 bits per heavy atom. The second kappa shape index (κ2) is 3.60. The Bertz CT molecular complexity index is 328. The highest BCUT2D eigenvalue weighted by atomic mass is 19.4. The Hall–Kier alpha value is -1.66. The molecule has 0 aliphatic carbocycles. The highest BCUT2D eigenvalue weighted by molar-refractivity contribution is 5.68. The number of ether oxygens (including phenoxy) is 1. The van der Waals surface area contributed by atoms with E-state index in [2.05, 4.69) is 9.15 Å². The molecule has 0 bridgehead atoms. The lowest BCUT2D eigenvalue weighted by Gasteiger charge is -2.01. The van der Waals surface area contributed by atoms with Crippen molar-refractivity contribution in [2.75, 3.05) is 6.61 Å². The molecule has 1 heterocycles. The van der Waals surface area contributed by atoms with Gasteiger partial charge in [0, 0.05) is 6.07 Å². The number of alkyl halides is 3. The van der Waals surface area contributed by atoms with E-state index in [-0.39, 0.29) is 0 Å². The lowest BCUT2D eigenvalue weighted by Crippen LogP contribution is -2.09. The predicted octanol–water partition coefficient (Wildman–Crippen LogP) is 1.76. The Morgan fingerprint density at radius 1 is 1.50 bits per heavy atom. The van der Waals surface area contributed by atoms with Crippen molar-refractivity contribution in [2.24, 2.45) is 0 Å². The van der Waals surface area contributed by atoms with Gasteiger partial charge in [-0.15, -0.1) is 0 Å². The summed E-state index contributed by atoms with van der Waals surface area (Å²) in [6.45, 7) is -0.745. The zero-order valence-corrected chi connectivity index (χ0v) is 6.67. The van der Waals surface area contributed by atoms with Gasteiger partial charge < -0.3 is 14.3 Å². The minimum Gasteiger partial charge on any atom is -0.479 e. The van der Waals surface area contributed by atoms with Crippen molar-refractivity contribution in [3.63, 3.8) is 0 Å². The number of carbonyl (C=O) groups is 1.